The molecule has 1 atom stereocenters. The van der Waals surface area contributed by atoms with Crippen LogP contribution in [0.5, 0.6) is 5.75 Å². The van der Waals surface area contributed by atoms with Gasteiger partial charge in [-0.2, -0.15) is 0 Å². The van der Waals surface area contributed by atoms with E-state index < -0.39 is 0 Å². The van der Waals surface area contributed by atoms with Crippen LogP contribution in [0.1, 0.15) is 28.4 Å². The molecular weight excluding hydrogens is 368 g/mol. The number of hydrogen-bond donors (Lipinski definition) is 0. The van der Waals surface area contributed by atoms with Gasteiger partial charge in [0, 0.05) is 0 Å². The van der Waals surface area contributed by atoms with Gasteiger partial charge in [-0.3, -0.25) is 0 Å². The van der Waals surface area contributed by atoms with Crippen LogP contribution >= 0.6 is 31.9 Å². The molecule has 2 aromatic carbocycles. The lowest BCUT2D eigenvalue weighted by Crippen LogP contribution is -1.96. The van der Waals surface area contributed by atoms with Gasteiger partial charge in [0.1, 0.15) is 5.75 Å². The van der Waals surface area contributed by atoms with Crippen molar-refractivity contribution in [2.75, 3.05) is 6.61 Å². The maximum absolute atomic E-state index is 5.53. The first-order chi connectivity index (χ1) is 9.11. The second kappa shape index (κ2) is 6.58. The Hall–Kier alpha value is -0.800. The lowest BCUT2D eigenvalue weighted by Gasteiger charge is -2.13. The van der Waals surface area contributed by atoms with Crippen LogP contribution in [-0.2, 0) is 0 Å². The lowest BCUT2D eigenvalue weighted by molar-refractivity contribution is 0.338. The van der Waals surface area contributed by atoms with Crippen LogP contribution in [0.3, 0.4) is 0 Å². The molecule has 0 aliphatic carbocycles. The van der Waals surface area contributed by atoms with Crippen molar-refractivity contribution in [3.05, 3.63) is 63.6 Å². The molecule has 1 nitrogen and oxygen atoms in total. The largest absolute Gasteiger partial charge is 0.493 e. The van der Waals surface area contributed by atoms with Gasteiger partial charge in [0.05, 0.1) is 15.9 Å². The molecule has 0 fully saturated rings. The molecule has 0 saturated heterocycles. The fourth-order valence-electron chi connectivity index (χ4n) is 1.88. The Morgan fingerprint density at radius 2 is 1.68 bits per heavy atom. The van der Waals surface area contributed by atoms with Crippen molar-refractivity contribution in [3.8, 4) is 5.75 Å². The molecule has 0 aliphatic heterocycles. The highest BCUT2D eigenvalue weighted by molar-refractivity contribution is 9.10. The summed E-state index contributed by atoms with van der Waals surface area (Å²) in [4.78, 5) is 0.195. The fraction of sp³-hybridized carbons (Fsp3) is 0.250. The molecule has 2 aromatic rings. The highest BCUT2D eigenvalue weighted by Gasteiger charge is 2.12. The van der Waals surface area contributed by atoms with Gasteiger partial charge in [0.15, 0.2) is 0 Å². The van der Waals surface area contributed by atoms with E-state index in [4.69, 9.17) is 4.74 Å². The molecule has 1 unspecified atom stereocenters. The van der Waals surface area contributed by atoms with E-state index in [2.05, 4.69) is 75.2 Å². The van der Waals surface area contributed by atoms with Gasteiger partial charge in [-0.05, 0) is 53.0 Å². The van der Waals surface area contributed by atoms with Crippen molar-refractivity contribution in [1.82, 2.24) is 0 Å². The quantitative estimate of drug-likeness (QED) is 0.620. The third kappa shape index (κ3) is 3.61. The van der Waals surface area contributed by atoms with Gasteiger partial charge in [-0.15, -0.1) is 0 Å². The van der Waals surface area contributed by atoms with Crippen LogP contribution in [0, 0.1) is 6.92 Å². The molecule has 0 amide bonds. The Labute approximate surface area is 131 Å². The minimum absolute atomic E-state index is 0.195. The zero-order valence-electron chi connectivity index (χ0n) is 11.0. The van der Waals surface area contributed by atoms with Crippen LogP contribution in [0.15, 0.2) is 46.9 Å². The highest BCUT2D eigenvalue weighted by atomic mass is 79.9. The van der Waals surface area contributed by atoms with E-state index in [1.807, 2.05) is 13.0 Å². The molecule has 19 heavy (non-hydrogen) atoms. The van der Waals surface area contributed by atoms with Crippen molar-refractivity contribution in [2.24, 2.45) is 0 Å². The average Bonchev–Trinajstić information content (AvgIpc) is 2.41. The third-order valence-electron chi connectivity index (χ3n) is 2.92. The first-order valence-corrected chi connectivity index (χ1v) is 7.95. The summed E-state index contributed by atoms with van der Waals surface area (Å²) in [6.07, 6.45) is 0. The normalized spacial score (nSPS) is 12.2. The zero-order valence-corrected chi connectivity index (χ0v) is 14.2. The van der Waals surface area contributed by atoms with E-state index in [0.29, 0.717) is 6.61 Å². The number of aryl methyl sites for hydroxylation is 1. The third-order valence-corrected chi connectivity index (χ3v) is 4.60. The van der Waals surface area contributed by atoms with Gasteiger partial charge in [0.2, 0.25) is 0 Å². The van der Waals surface area contributed by atoms with Crippen molar-refractivity contribution in [1.29, 1.82) is 0 Å². The summed E-state index contributed by atoms with van der Waals surface area (Å²) in [5.41, 5.74) is 3.73. The SMILES string of the molecule is CCOc1ccc(C(Br)c2ccc(C)cc2)cc1Br. The van der Waals surface area contributed by atoms with E-state index >= 15 is 0 Å². The standard InChI is InChI=1S/C16H16Br2O/c1-3-19-15-9-8-13(10-14(15)17)16(18)12-6-4-11(2)5-7-12/h4-10,16H,3H2,1-2H3. The van der Waals surface area contributed by atoms with Crippen molar-refractivity contribution < 1.29 is 4.74 Å². The van der Waals surface area contributed by atoms with Gasteiger partial charge in [-0.1, -0.05) is 51.8 Å². The van der Waals surface area contributed by atoms with Gasteiger partial charge < -0.3 is 4.74 Å². The molecule has 0 bridgehead atoms. The first kappa shape index (κ1) is 14.6. The lowest BCUT2D eigenvalue weighted by atomic mass is 10.0. The topological polar surface area (TPSA) is 9.23 Å². The van der Waals surface area contributed by atoms with Crippen LogP contribution in [0.4, 0.5) is 0 Å². The molecule has 0 aliphatic rings. The Morgan fingerprint density at radius 3 is 2.26 bits per heavy atom. The molecule has 0 aromatic heterocycles. The summed E-state index contributed by atoms with van der Waals surface area (Å²) in [7, 11) is 0. The zero-order chi connectivity index (χ0) is 13.8. The van der Waals surface area contributed by atoms with Gasteiger partial charge >= 0.3 is 0 Å². The monoisotopic (exact) mass is 382 g/mol. The van der Waals surface area contributed by atoms with Crippen LogP contribution in [-0.4, -0.2) is 6.61 Å². The van der Waals surface area contributed by atoms with Gasteiger partial charge in [-0.25, -0.2) is 0 Å². The summed E-state index contributed by atoms with van der Waals surface area (Å²) in [5, 5.41) is 0. The summed E-state index contributed by atoms with van der Waals surface area (Å²) < 4.78 is 6.52. The molecule has 0 saturated carbocycles. The van der Waals surface area contributed by atoms with Crippen molar-refractivity contribution >= 4 is 31.9 Å². The molecule has 100 valence electrons. The first-order valence-electron chi connectivity index (χ1n) is 6.24. The Kier molecular flexibility index (Phi) is 5.06. The van der Waals surface area contributed by atoms with Crippen LogP contribution < -0.4 is 4.74 Å². The maximum Gasteiger partial charge on any atom is 0.133 e. The van der Waals surface area contributed by atoms with E-state index in [-0.39, 0.29) is 4.83 Å². The summed E-state index contributed by atoms with van der Waals surface area (Å²) in [6.45, 7) is 4.76. The molecular formula is C16H16Br2O. The summed E-state index contributed by atoms with van der Waals surface area (Å²) in [5.74, 6) is 0.884. The van der Waals surface area contributed by atoms with Crippen LogP contribution in [0.2, 0.25) is 0 Å². The fourth-order valence-corrected chi connectivity index (χ4v) is 2.98. The molecule has 0 radical (unpaired) electrons. The Balaban J connectivity index is 2.26. The minimum atomic E-state index is 0.195. The number of hydrogen-bond acceptors (Lipinski definition) is 1. The molecule has 0 spiro atoms. The summed E-state index contributed by atoms with van der Waals surface area (Å²) in [6, 6.07) is 14.8. The predicted molar refractivity (Wildman–Crippen MR) is 87.3 cm³/mol. The molecule has 0 N–H and O–H groups in total. The average molecular weight is 384 g/mol. The molecule has 3 heteroatoms. The maximum atomic E-state index is 5.53. The molecule has 2 rings (SSSR count). The minimum Gasteiger partial charge on any atom is -0.493 e. The second-order valence-corrected chi connectivity index (χ2v) is 6.17. The smallest absolute Gasteiger partial charge is 0.133 e. The van der Waals surface area contributed by atoms with E-state index in [1.165, 1.54) is 16.7 Å². The predicted octanol–water partition coefficient (Wildman–Crippen LogP) is 5.64. The Morgan fingerprint density at radius 1 is 1.05 bits per heavy atom. The van der Waals surface area contributed by atoms with E-state index in [1.54, 1.807) is 0 Å². The number of ether oxygens (including phenoxy) is 1. The van der Waals surface area contributed by atoms with E-state index in [9.17, 15) is 0 Å². The Bertz CT molecular complexity index is 549. The highest BCUT2D eigenvalue weighted by Crippen LogP contribution is 2.35. The number of rotatable bonds is 4. The molecule has 0 heterocycles. The van der Waals surface area contributed by atoms with E-state index in [0.717, 1.165) is 10.2 Å². The second-order valence-electron chi connectivity index (χ2n) is 4.40. The number of benzene rings is 2. The summed E-state index contributed by atoms with van der Waals surface area (Å²) >= 11 is 7.31. The van der Waals surface area contributed by atoms with Crippen LogP contribution in [0.25, 0.3) is 0 Å². The number of halogens is 2. The number of alkyl halides is 1. The van der Waals surface area contributed by atoms with Crippen molar-refractivity contribution in [3.63, 3.8) is 0 Å². The van der Waals surface area contributed by atoms with Crippen molar-refractivity contribution in [2.45, 2.75) is 18.7 Å². The van der Waals surface area contributed by atoms with Gasteiger partial charge in [0.25, 0.3) is 0 Å².